The standard InChI is InChI=1S/C12H16N2S/c1-3-13-7-6-10-4-5-11-12(8-10)15-9(2)14-11/h4-5,8,13H,3,6-7H2,1-2H3. The summed E-state index contributed by atoms with van der Waals surface area (Å²) in [7, 11) is 0. The van der Waals surface area contributed by atoms with Crippen molar-refractivity contribution in [1.29, 1.82) is 0 Å². The van der Waals surface area contributed by atoms with Gasteiger partial charge < -0.3 is 5.32 Å². The van der Waals surface area contributed by atoms with Crippen LogP contribution in [0.25, 0.3) is 10.2 Å². The van der Waals surface area contributed by atoms with Gasteiger partial charge in [-0.2, -0.15) is 0 Å². The summed E-state index contributed by atoms with van der Waals surface area (Å²) in [6.07, 6.45) is 1.10. The Morgan fingerprint density at radius 1 is 1.40 bits per heavy atom. The molecule has 80 valence electrons. The van der Waals surface area contributed by atoms with Crippen LogP contribution in [0.3, 0.4) is 0 Å². The minimum absolute atomic E-state index is 1.04. The number of hydrogen-bond donors (Lipinski definition) is 1. The smallest absolute Gasteiger partial charge is 0.0907 e. The van der Waals surface area contributed by atoms with E-state index in [1.807, 2.05) is 0 Å². The average molecular weight is 220 g/mol. The third-order valence-corrected chi connectivity index (χ3v) is 3.33. The Bertz CT molecular complexity index is 448. The molecule has 15 heavy (non-hydrogen) atoms. The van der Waals surface area contributed by atoms with E-state index < -0.39 is 0 Å². The van der Waals surface area contributed by atoms with E-state index in [1.165, 1.54) is 10.3 Å². The zero-order chi connectivity index (χ0) is 10.7. The molecule has 0 amide bonds. The number of aromatic nitrogens is 1. The lowest BCUT2D eigenvalue weighted by molar-refractivity contribution is 0.717. The van der Waals surface area contributed by atoms with Gasteiger partial charge in [0.15, 0.2) is 0 Å². The van der Waals surface area contributed by atoms with Crippen molar-refractivity contribution in [1.82, 2.24) is 10.3 Å². The Balaban J connectivity index is 2.15. The summed E-state index contributed by atoms with van der Waals surface area (Å²) < 4.78 is 1.31. The van der Waals surface area contributed by atoms with Crippen molar-refractivity contribution in [2.45, 2.75) is 20.3 Å². The number of hydrogen-bond acceptors (Lipinski definition) is 3. The van der Waals surface area contributed by atoms with Gasteiger partial charge in [0, 0.05) is 0 Å². The zero-order valence-electron chi connectivity index (χ0n) is 9.21. The van der Waals surface area contributed by atoms with Crippen molar-refractivity contribution in [3.63, 3.8) is 0 Å². The number of nitrogens with one attached hydrogen (secondary N) is 1. The summed E-state index contributed by atoms with van der Waals surface area (Å²) in [5.41, 5.74) is 2.52. The summed E-state index contributed by atoms with van der Waals surface area (Å²) in [5.74, 6) is 0. The number of likely N-dealkylation sites (N-methyl/N-ethyl adjacent to an activating group) is 1. The van der Waals surface area contributed by atoms with Crippen molar-refractivity contribution in [2.75, 3.05) is 13.1 Å². The van der Waals surface area contributed by atoms with E-state index in [9.17, 15) is 0 Å². The largest absolute Gasteiger partial charge is 0.317 e. The van der Waals surface area contributed by atoms with Gasteiger partial charge in [-0.3, -0.25) is 0 Å². The average Bonchev–Trinajstić information content (AvgIpc) is 2.57. The first-order chi connectivity index (χ1) is 7.29. The van der Waals surface area contributed by atoms with Crippen LogP contribution in [0.2, 0.25) is 0 Å². The Kier molecular flexibility index (Phi) is 3.34. The molecule has 2 rings (SSSR count). The van der Waals surface area contributed by atoms with E-state index >= 15 is 0 Å². The summed E-state index contributed by atoms with van der Waals surface area (Å²) in [6, 6.07) is 6.57. The molecule has 1 aromatic carbocycles. The molecule has 0 saturated carbocycles. The molecule has 0 spiro atoms. The molecule has 0 saturated heterocycles. The highest BCUT2D eigenvalue weighted by Gasteiger charge is 2.01. The van der Waals surface area contributed by atoms with Gasteiger partial charge in [-0.25, -0.2) is 4.98 Å². The van der Waals surface area contributed by atoms with Gasteiger partial charge in [0.1, 0.15) is 0 Å². The lowest BCUT2D eigenvalue weighted by Crippen LogP contribution is -2.15. The quantitative estimate of drug-likeness (QED) is 0.801. The van der Waals surface area contributed by atoms with Gasteiger partial charge in [-0.15, -0.1) is 11.3 Å². The lowest BCUT2D eigenvalue weighted by Gasteiger charge is -2.01. The van der Waals surface area contributed by atoms with Crippen LogP contribution < -0.4 is 5.32 Å². The molecule has 2 aromatic rings. The molecule has 0 fully saturated rings. The molecule has 3 heteroatoms. The minimum atomic E-state index is 1.04. The molecule has 0 unspecified atom stereocenters. The van der Waals surface area contributed by atoms with Crippen molar-refractivity contribution in [3.05, 3.63) is 28.8 Å². The normalized spacial score (nSPS) is 11.1. The Morgan fingerprint density at radius 2 is 2.27 bits per heavy atom. The molecule has 0 aliphatic heterocycles. The Labute approximate surface area is 94.3 Å². The van der Waals surface area contributed by atoms with Crippen LogP contribution in [0, 0.1) is 6.92 Å². The molecule has 0 aliphatic carbocycles. The minimum Gasteiger partial charge on any atom is -0.317 e. The molecule has 0 atom stereocenters. The summed E-state index contributed by atoms with van der Waals surface area (Å²) >= 11 is 1.77. The van der Waals surface area contributed by atoms with E-state index in [2.05, 4.69) is 42.3 Å². The molecule has 1 N–H and O–H groups in total. The predicted octanol–water partition coefficient (Wildman–Crippen LogP) is 2.76. The Morgan fingerprint density at radius 3 is 3.07 bits per heavy atom. The van der Waals surface area contributed by atoms with Gasteiger partial charge in [0.25, 0.3) is 0 Å². The van der Waals surface area contributed by atoms with E-state index in [0.717, 1.165) is 30.0 Å². The highest BCUT2D eigenvalue weighted by atomic mass is 32.1. The van der Waals surface area contributed by atoms with Crippen molar-refractivity contribution < 1.29 is 0 Å². The maximum atomic E-state index is 4.45. The van der Waals surface area contributed by atoms with Gasteiger partial charge in [-0.05, 0) is 44.1 Å². The highest BCUT2D eigenvalue weighted by molar-refractivity contribution is 7.18. The molecule has 0 aliphatic rings. The number of rotatable bonds is 4. The maximum absolute atomic E-state index is 4.45. The number of thiazole rings is 1. The van der Waals surface area contributed by atoms with Crippen molar-refractivity contribution in [3.8, 4) is 0 Å². The second kappa shape index (κ2) is 4.73. The molecular weight excluding hydrogens is 204 g/mol. The van der Waals surface area contributed by atoms with E-state index in [-0.39, 0.29) is 0 Å². The van der Waals surface area contributed by atoms with Crippen LogP contribution in [0.15, 0.2) is 18.2 Å². The molecule has 0 bridgehead atoms. The maximum Gasteiger partial charge on any atom is 0.0907 e. The molecular formula is C12H16N2S. The highest BCUT2D eigenvalue weighted by Crippen LogP contribution is 2.22. The van der Waals surface area contributed by atoms with Crippen LogP contribution in [-0.4, -0.2) is 18.1 Å². The fourth-order valence-electron chi connectivity index (χ4n) is 1.65. The number of benzene rings is 1. The van der Waals surface area contributed by atoms with E-state index in [1.54, 1.807) is 11.3 Å². The van der Waals surface area contributed by atoms with E-state index in [0.29, 0.717) is 0 Å². The first kappa shape index (κ1) is 10.6. The van der Waals surface area contributed by atoms with Crippen LogP contribution in [0.1, 0.15) is 17.5 Å². The fourth-order valence-corrected chi connectivity index (χ4v) is 2.54. The van der Waals surface area contributed by atoms with Gasteiger partial charge in [0.2, 0.25) is 0 Å². The molecule has 1 heterocycles. The van der Waals surface area contributed by atoms with Crippen LogP contribution >= 0.6 is 11.3 Å². The SMILES string of the molecule is CCNCCc1ccc2nc(C)sc2c1. The number of nitrogens with zero attached hydrogens (tertiary/aromatic N) is 1. The van der Waals surface area contributed by atoms with Gasteiger partial charge >= 0.3 is 0 Å². The van der Waals surface area contributed by atoms with E-state index in [4.69, 9.17) is 0 Å². The van der Waals surface area contributed by atoms with Gasteiger partial charge in [0.05, 0.1) is 15.2 Å². The predicted molar refractivity (Wildman–Crippen MR) is 66.6 cm³/mol. The topological polar surface area (TPSA) is 24.9 Å². The number of aryl methyl sites for hydroxylation is 1. The van der Waals surface area contributed by atoms with Crippen molar-refractivity contribution in [2.24, 2.45) is 0 Å². The molecule has 1 aromatic heterocycles. The second-order valence-corrected chi connectivity index (χ2v) is 4.87. The second-order valence-electron chi connectivity index (χ2n) is 3.64. The zero-order valence-corrected chi connectivity index (χ0v) is 10.0. The first-order valence-electron chi connectivity index (χ1n) is 5.36. The number of fused-ring (bicyclic) bond motifs is 1. The van der Waals surface area contributed by atoms with Crippen LogP contribution in [0.5, 0.6) is 0 Å². The fraction of sp³-hybridized carbons (Fsp3) is 0.417. The van der Waals surface area contributed by atoms with Crippen LogP contribution in [-0.2, 0) is 6.42 Å². The third-order valence-electron chi connectivity index (χ3n) is 2.40. The van der Waals surface area contributed by atoms with Crippen molar-refractivity contribution >= 4 is 21.6 Å². The summed E-state index contributed by atoms with van der Waals surface area (Å²) in [6.45, 7) is 6.29. The monoisotopic (exact) mass is 220 g/mol. The van der Waals surface area contributed by atoms with Gasteiger partial charge in [-0.1, -0.05) is 13.0 Å². The lowest BCUT2D eigenvalue weighted by atomic mass is 10.1. The third kappa shape index (κ3) is 2.55. The summed E-state index contributed by atoms with van der Waals surface area (Å²) in [5, 5.41) is 4.48. The molecule has 0 radical (unpaired) electrons. The first-order valence-corrected chi connectivity index (χ1v) is 6.18. The molecule has 2 nitrogen and oxygen atoms in total. The summed E-state index contributed by atoms with van der Waals surface area (Å²) in [4.78, 5) is 4.45. The van der Waals surface area contributed by atoms with Crippen LogP contribution in [0.4, 0.5) is 0 Å². The Hall–Kier alpha value is -0.930.